The van der Waals surface area contributed by atoms with E-state index in [4.69, 9.17) is 10.5 Å². The van der Waals surface area contributed by atoms with E-state index in [-0.39, 0.29) is 18.1 Å². The van der Waals surface area contributed by atoms with E-state index in [2.05, 4.69) is 34.5 Å². The van der Waals surface area contributed by atoms with Crippen molar-refractivity contribution < 1.29 is 17.9 Å². The molecule has 1 saturated heterocycles. The van der Waals surface area contributed by atoms with Crippen molar-refractivity contribution in [1.82, 2.24) is 4.90 Å². The quantitative estimate of drug-likeness (QED) is 0.412. The highest BCUT2D eigenvalue weighted by molar-refractivity contribution is 5.58. The highest BCUT2D eigenvalue weighted by Gasteiger charge is 2.43. The van der Waals surface area contributed by atoms with Gasteiger partial charge in [0.05, 0.1) is 23.8 Å². The normalized spacial score (nSPS) is 23.6. The van der Waals surface area contributed by atoms with Crippen LogP contribution < -0.4 is 11.1 Å². The number of hydrogen-bond donors (Lipinski definition) is 2. The van der Waals surface area contributed by atoms with Gasteiger partial charge in [-0.1, -0.05) is 60.7 Å². The van der Waals surface area contributed by atoms with Gasteiger partial charge >= 0.3 is 6.18 Å². The standard InChI is InChI=1S/C29H32F3N3O/c30-29(31,32)22-11-14-26-25(17-22)28-24(27(34-26)21-9-5-2-6-10-21)13-12-23(36-28)19-35(16-15-33)18-20-7-3-1-4-8-20/h1-11,14,17,23-24,27-28,34H,12-13,15-16,18-19,33H2/t23-,24+,27+,28+/m1/s1. The highest BCUT2D eigenvalue weighted by atomic mass is 19.4. The minimum Gasteiger partial charge on any atom is -0.378 e. The molecule has 0 amide bonds. The Morgan fingerprint density at radius 1 is 0.944 bits per heavy atom. The van der Waals surface area contributed by atoms with Crippen molar-refractivity contribution in [2.45, 2.75) is 43.8 Å². The molecule has 5 rings (SSSR count). The molecule has 3 N–H and O–H groups in total. The fourth-order valence-electron chi connectivity index (χ4n) is 5.60. The van der Waals surface area contributed by atoms with Crippen LogP contribution >= 0.6 is 0 Å². The highest BCUT2D eigenvalue weighted by Crippen LogP contribution is 2.51. The summed E-state index contributed by atoms with van der Waals surface area (Å²) in [5, 5.41) is 3.53. The first kappa shape index (κ1) is 24.8. The van der Waals surface area contributed by atoms with Gasteiger partial charge in [0, 0.05) is 43.3 Å². The first-order chi connectivity index (χ1) is 17.4. The molecule has 7 heteroatoms. The Hall–Kier alpha value is -2.87. The number of alkyl halides is 3. The van der Waals surface area contributed by atoms with Crippen LogP contribution in [-0.2, 0) is 17.5 Å². The third-order valence-corrected chi connectivity index (χ3v) is 7.29. The number of nitrogens with zero attached hydrogens (tertiary/aromatic N) is 1. The Kier molecular flexibility index (Phi) is 7.32. The molecule has 0 spiro atoms. The molecular weight excluding hydrogens is 463 g/mol. The molecule has 0 saturated carbocycles. The fourth-order valence-corrected chi connectivity index (χ4v) is 5.60. The predicted molar refractivity (Wildman–Crippen MR) is 135 cm³/mol. The number of halogens is 3. The van der Waals surface area contributed by atoms with Crippen molar-refractivity contribution in [3.63, 3.8) is 0 Å². The van der Waals surface area contributed by atoms with Crippen LogP contribution in [0.1, 0.15) is 47.2 Å². The largest absolute Gasteiger partial charge is 0.416 e. The number of ether oxygens (including phenoxy) is 1. The predicted octanol–water partition coefficient (Wildman–Crippen LogP) is 6.17. The summed E-state index contributed by atoms with van der Waals surface area (Å²) in [6.07, 6.45) is -3.19. The lowest BCUT2D eigenvalue weighted by Crippen LogP contribution is -2.44. The molecule has 0 radical (unpaired) electrons. The molecule has 0 unspecified atom stereocenters. The third-order valence-electron chi connectivity index (χ3n) is 7.29. The summed E-state index contributed by atoms with van der Waals surface area (Å²) in [6.45, 7) is 2.71. The van der Waals surface area contributed by atoms with Crippen LogP contribution in [0.2, 0.25) is 0 Å². The number of anilines is 1. The van der Waals surface area contributed by atoms with E-state index >= 15 is 0 Å². The van der Waals surface area contributed by atoms with Gasteiger partial charge in [0.1, 0.15) is 0 Å². The Labute approximate surface area is 210 Å². The van der Waals surface area contributed by atoms with Crippen molar-refractivity contribution in [2.24, 2.45) is 11.7 Å². The Morgan fingerprint density at radius 3 is 2.36 bits per heavy atom. The molecule has 1 fully saturated rings. The fraction of sp³-hybridized carbons (Fsp3) is 0.379. The van der Waals surface area contributed by atoms with E-state index in [1.807, 2.05) is 36.4 Å². The van der Waals surface area contributed by atoms with Gasteiger partial charge in [-0.05, 0) is 42.2 Å². The van der Waals surface area contributed by atoms with Crippen molar-refractivity contribution in [3.05, 3.63) is 101 Å². The topological polar surface area (TPSA) is 50.5 Å². The Morgan fingerprint density at radius 2 is 1.67 bits per heavy atom. The van der Waals surface area contributed by atoms with E-state index < -0.39 is 17.8 Å². The maximum absolute atomic E-state index is 13.6. The summed E-state index contributed by atoms with van der Waals surface area (Å²) < 4.78 is 47.4. The summed E-state index contributed by atoms with van der Waals surface area (Å²) in [5.74, 6) is 0.0386. The summed E-state index contributed by atoms with van der Waals surface area (Å²) in [7, 11) is 0. The van der Waals surface area contributed by atoms with Crippen LogP contribution in [0.3, 0.4) is 0 Å². The van der Waals surface area contributed by atoms with Gasteiger partial charge in [-0.15, -0.1) is 0 Å². The van der Waals surface area contributed by atoms with Crippen LogP contribution in [0.5, 0.6) is 0 Å². The average molecular weight is 496 g/mol. The lowest BCUT2D eigenvalue weighted by Gasteiger charge is -2.46. The first-order valence-corrected chi connectivity index (χ1v) is 12.6. The molecule has 36 heavy (non-hydrogen) atoms. The van der Waals surface area contributed by atoms with Gasteiger partial charge in [0.15, 0.2) is 0 Å². The molecule has 4 atom stereocenters. The molecule has 2 heterocycles. The van der Waals surface area contributed by atoms with E-state index in [1.54, 1.807) is 6.07 Å². The molecule has 2 aliphatic heterocycles. The lowest BCUT2D eigenvalue weighted by atomic mass is 9.76. The van der Waals surface area contributed by atoms with E-state index in [0.717, 1.165) is 37.6 Å². The van der Waals surface area contributed by atoms with Gasteiger partial charge in [-0.25, -0.2) is 0 Å². The van der Waals surface area contributed by atoms with E-state index in [0.29, 0.717) is 24.3 Å². The van der Waals surface area contributed by atoms with E-state index in [1.165, 1.54) is 11.6 Å². The third kappa shape index (κ3) is 5.43. The molecule has 3 aromatic rings. The van der Waals surface area contributed by atoms with Crippen LogP contribution in [0.4, 0.5) is 18.9 Å². The first-order valence-electron chi connectivity index (χ1n) is 12.6. The lowest BCUT2D eigenvalue weighted by molar-refractivity contribution is -0.138. The van der Waals surface area contributed by atoms with Gasteiger partial charge in [-0.2, -0.15) is 13.2 Å². The van der Waals surface area contributed by atoms with Gasteiger partial charge in [-0.3, -0.25) is 4.90 Å². The molecule has 3 aromatic carbocycles. The smallest absolute Gasteiger partial charge is 0.378 e. The average Bonchev–Trinajstić information content (AvgIpc) is 2.88. The number of nitrogens with two attached hydrogens (primary N) is 1. The van der Waals surface area contributed by atoms with Gasteiger partial charge < -0.3 is 15.8 Å². The SMILES string of the molecule is NCCN(Cc1ccccc1)C[C@H]1CC[C@@H]2[C@H](O1)c1cc(C(F)(F)F)ccc1N[C@H]2c1ccccc1. The summed E-state index contributed by atoms with van der Waals surface area (Å²) in [4.78, 5) is 2.28. The molecule has 190 valence electrons. The summed E-state index contributed by atoms with van der Waals surface area (Å²) >= 11 is 0. The second-order valence-electron chi connectivity index (χ2n) is 9.76. The molecule has 0 bridgehead atoms. The second-order valence-corrected chi connectivity index (χ2v) is 9.76. The zero-order valence-electron chi connectivity index (χ0n) is 20.1. The summed E-state index contributed by atoms with van der Waals surface area (Å²) in [5.41, 5.74) is 8.89. The second kappa shape index (κ2) is 10.6. The van der Waals surface area contributed by atoms with E-state index in [9.17, 15) is 13.2 Å². The zero-order valence-corrected chi connectivity index (χ0v) is 20.1. The Bertz CT molecular complexity index is 1140. The van der Waals surface area contributed by atoms with Crippen LogP contribution in [0.15, 0.2) is 78.9 Å². The molecular formula is C29H32F3N3O. The van der Waals surface area contributed by atoms with Crippen molar-refractivity contribution >= 4 is 5.69 Å². The molecule has 2 aliphatic rings. The number of nitrogens with one attached hydrogen (secondary N) is 1. The molecule has 4 nitrogen and oxygen atoms in total. The minimum atomic E-state index is -4.40. The van der Waals surface area contributed by atoms with Crippen molar-refractivity contribution in [2.75, 3.05) is 25.0 Å². The number of fused-ring (bicyclic) bond motifs is 3. The van der Waals surface area contributed by atoms with Gasteiger partial charge in [0.2, 0.25) is 0 Å². The van der Waals surface area contributed by atoms with Crippen LogP contribution in [0.25, 0.3) is 0 Å². The number of rotatable bonds is 7. The van der Waals surface area contributed by atoms with Crippen LogP contribution in [-0.4, -0.2) is 30.6 Å². The Balaban J connectivity index is 1.42. The van der Waals surface area contributed by atoms with Crippen LogP contribution in [0, 0.1) is 5.92 Å². The van der Waals surface area contributed by atoms with Crippen molar-refractivity contribution in [3.8, 4) is 0 Å². The zero-order chi connectivity index (χ0) is 25.1. The maximum Gasteiger partial charge on any atom is 0.416 e. The summed E-state index contributed by atoms with van der Waals surface area (Å²) in [6, 6.07) is 24.3. The maximum atomic E-state index is 13.6. The van der Waals surface area contributed by atoms with Gasteiger partial charge in [0.25, 0.3) is 0 Å². The molecule has 0 aromatic heterocycles. The monoisotopic (exact) mass is 495 g/mol. The molecule has 0 aliphatic carbocycles. The number of benzene rings is 3. The van der Waals surface area contributed by atoms with Crippen molar-refractivity contribution in [1.29, 1.82) is 0 Å². The minimum absolute atomic E-state index is 0.0224. The number of hydrogen-bond acceptors (Lipinski definition) is 4.